The molecule has 1 unspecified atom stereocenters. The van der Waals surface area contributed by atoms with Gasteiger partial charge in [-0.15, -0.1) is 0 Å². The van der Waals surface area contributed by atoms with Crippen LogP contribution in [0, 0.1) is 11.8 Å². The van der Waals surface area contributed by atoms with Gasteiger partial charge in [0.25, 0.3) is 0 Å². The molecule has 2 N–H and O–H groups in total. The standard InChI is InChI=1S/C15H23ClN2/c1-11(2)12-4-3-8-18(9-7-12)15-6-5-13(16)10-14(15)17/h5-6,10-12H,3-4,7-9,17H2,1-2H3. The second-order valence-corrected chi connectivity index (χ2v) is 6.06. The molecule has 1 heterocycles. The van der Waals surface area contributed by atoms with Crippen LogP contribution in [0.4, 0.5) is 11.4 Å². The molecular weight excluding hydrogens is 244 g/mol. The molecule has 1 aromatic rings. The van der Waals surface area contributed by atoms with E-state index in [1.54, 1.807) is 0 Å². The first-order valence-corrected chi connectivity index (χ1v) is 7.25. The zero-order valence-corrected chi connectivity index (χ0v) is 12.1. The minimum absolute atomic E-state index is 0.714. The van der Waals surface area contributed by atoms with Gasteiger partial charge in [0.2, 0.25) is 0 Å². The third-order valence-electron chi connectivity index (χ3n) is 4.05. The van der Waals surface area contributed by atoms with Crippen molar-refractivity contribution in [2.45, 2.75) is 33.1 Å². The van der Waals surface area contributed by atoms with Crippen molar-refractivity contribution in [1.29, 1.82) is 0 Å². The van der Waals surface area contributed by atoms with E-state index in [1.165, 1.54) is 19.3 Å². The van der Waals surface area contributed by atoms with Crippen molar-refractivity contribution in [2.75, 3.05) is 23.7 Å². The highest BCUT2D eigenvalue weighted by molar-refractivity contribution is 6.31. The van der Waals surface area contributed by atoms with E-state index in [4.69, 9.17) is 17.3 Å². The molecule has 2 rings (SSSR count). The normalized spacial score (nSPS) is 21.1. The highest BCUT2D eigenvalue weighted by Crippen LogP contribution is 2.31. The number of anilines is 2. The van der Waals surface area contributed by atoms with Gasteiger partial charge in [0.15, 0.2) is 0 Å². The van der Waals surface area contributed by atoms with Gasteiger partial charge in [-0.2, -0.15) is 0 Å². The summed E-state index contributed by atoms with van der Waals surface area (Å²) in [5, 5.41) is 0.714. The second kappa shape index (κ2) is 5.83. The quantitative estimate of drug-likeness (QED) is 0.814. The zero-order chi connectivity index (χ0) is 13.1. The Morgan fingerprint density at radius 3 is 2.72 bits per heavy atom. The van der Waals surface area contributed by atoms with Crippen LogP contribution in [0.15, 0.2) is 18.2 Å². The molecule has 100 valence electrons. The monoisotopic (exact) mass is 266 g/mol. The van der Waals surface area contributed by atoms with Crippen molar-refractivity contribution in [3.05, 3.63) is 23.2 Å². The molecule has 2 nitrogen and oxygen atoms in total. The Hall–Kier alpha value is -0.890. The molecule has 1 atom stereocenters. The lowest BCUT2D eigenvalue weighted by Gasteiger charge is -2.25. The molecule has 0 saturated carbocycles. The Morgan fingerprint density at radius 2 is 2.06 bits per heavy atom. The molecule has 3 heteroatoms. The summed E-state index contributed by atoms with van der Waals surface area (Å²) in [6, 6.07) is 5.83. The molecule has 1 saturated heterocycles. The van der Waals surface area contributed by atoms with Gasteiger partial charge < -0.3 is 10.6 Å². The highest BCUT2D eigenvalue weighted by atomic mass is 35.5. The number of nitrogen functional groups attached to an aromatic ring is 1. The first-order valence-electron chi connectivity index (χ1n) is 6.88. The molecule has 1 aliphatic heterocycles. The molecule has 0 amide bonds. The first kappa shape index (κ1) is 13.5. The Morgan fingerprint density at radius 1 is 1.28 bits per heavy atom. The van der Waals surface area contributed by atoms with Crippen molar-refractivity contribution in [1.82, 2.24) is 0 Å². The minimum Gasteiger partial charge on any atom is -0.397 e. The number of benzene rings is 1. The third kappa shape index (κ3) is 3.11. The van der Waals surface area contributed by atoms with Crippen LogP contribution >= 0.6 is 11.6 Å². The lowest BCUT2D eigenvalue weighted by molar-refractivity contribution is 0.351. The van der Waals surface area contributed by atoms with Crippen molar-refractivity contribution < 1.29 is 0 Å². The number of hydrogen-bond donors (Lipinski definition) is 1. The molecule has 0 aromatic heterocycles. The average Bonchev–Trinajstić information content (AvgIpc) is 2.54. The van der Waals surface area contributed by atoms with Crippen LogP contribution in [0.3, 0.4) is 0 Å². The summed E-state index contributed by atoms with van der Waals surface area (Å²) >= 11 is 5.95. The van der Waals surface area contributed by atoms with E-state index in [2.05, 4.69) is 18.7 Å². The van der Waals surface area contributed by atoms with Crippen LogP contribution in [0.25, 0.3) is 0 Å². The Balaban J connectivity index is 2.10. The summed E-state index contributed by atoms with van der Waals surface area (Å²) in [6.45, 7) is 6.87. The molecule has 0 bridgehead atoms. The third-order valence-corrected chi connectivity index (χ3v) is 4.28. The van der Waals surface area contributed by atoms with E-state index < -0.39 is 0 Å². The van der Waals surface area contributed by atoms with Gasteiger partial charge in [-0.1, -0.05) is 25.4 Å². The van der Waals surface area contributed by atoms with E-state index in [1.807, 2.05) is 18.2 Å². The van der Waals surface area contributed by atoms with Gasteiger partial charge in [0.05, 0.1) is 11.4 Å². The van der Waals surface area contributed by atoms with Crippen LogP contribution in [-0.2, 0) is 0 Å². The maximum atomic E-state index is 6.07. The van der Waals surface area contributed by atoms with E-state index in [-0.39, 0.29) is 0 Å². The average molecular weight is 267 g/mol. The molecule has 18 heavy (non-hydrogen) atoms. The van der Waals surface area contributed by atoms with Crippen molar-refractivity contribution in [2.24, 2.45) is 11.8 Å². The molecule has 0 radical (unpaired) electrons. The Kier molecular flexibility index (Phi) is 4.39. The fraction of sp³-hybridized carbons (Fsp3) is 0.600. The number of hydrogen-bond acceptors (Lipinski definition) is 2. The van der Waals surface area contributed by atoms with Crippen LogP contribution in [-0.4, -0.2) is 13.1 Å². The number of halogens is 1. The van der Waals surface area contributed by atoms with Crippen molar-refractivity contribution in [3.8, 4) is 0 Å². The minimum atomic E-state index is 0.714. The zero-order valence-electron chi connectivity index (χ0n) is 11.3. The van der Waals surface area contributed by atoms with E-state index in [0.29, 0.717) is 5.02 Å². The fourth-order valence-corrected chi connectivity index (χ4v) is 3.02. The van der Waals surface area contributed by atoms with Gasteiger partial charge in [-0.3, -0.25) is 0 Å². The summed E-state index contributed by atoms with van der Waals surface area (Å²) in [5.74, 6) is 1.64. The van der Waals surface area contributed by atoms with Gasteiger partial charge in [0.1, 0.15) is 0 Å². The number of rotatable bonds is 2. The lowest BCUT2D eigenvalue weighted by atomic mass is 9.89. The van der Waals surface area contributed by atoms with Crippen LogP contribution in [0.5, 0.6) is 0 Å². The number of nitrogens with two attached hydrogens (primary N) is 1. The van der Waals surface area contributed by atoms with Crippen LogP contribution < -0.4 is 10.6 Å². The largest absolute Gasteiger partial charge is 0.397 e. The van der Waals surface area contributed by atoms with Crippen molar-refractivity contribution in [3.63, 3.8) is 0 Å². The lowest BCUT2D eigenvalue weighted by Crippen LogP contribution is -2.25. The highest BCUT2D eigenvalue weighted by Gasteiger charge is 2.20. The predicted octanol–water partition coefficient (Wildman–Crippen LogP) is 4.18. The maximum Gasteiger partial charge on any atom is 0.0600 e. The molecular formula is C15H23ClN2. The van der Waals surface area contributed by atoms with Gasteiger partial charge in [0, 0.05) is 18.1 Å². The molecule has 1 fully saturated rings. The van der Waals surface area contributed by atoms with Crippen LogP contribution in [0.2, 0.25) is 5.02 Å². The van der Waals surface area contributed by atoms with E-state index >= 15 is 0 Å². The molecule has 1 aliphatic rings. The summed E-state index contributed by atoms with van der Waals surface area (Å²) in [4.78, 5) is 2.41. The maximum absolute atomic E-state index is 6.07. The SMILES string of the molecule is CC(C)C1CCCN(c2ccc(Cl)cc2N)CC1. The van der Waals surface area contributed by atoms with Gasteiger partial charge in [-0.05, 0) is 49.3 Å². The first-order chi connectivity index (χ1) is 8.58. The summed E-state index contributed by atoms with van der Waals surface area (Å²) < 4.78 is 0. The van der Waals surface area contributed by atoms with Crippen molar-refractivity contribution >= 4 is 23.0 Å². The molecule has 0 spiro atoms. The summed E-state index contributed by atoms with van der Waals surface area (Å²) in [7, 11) is 0. The smallest absolute Gasteiger partial charge is 0.0600 e. The van der Waals surface area contributed by atoms with Crippen LogP contribution in [0.1, 0.15) is 33.1 Å². The van der Waals surface area contributed by atoms with E-state index in [9.17, 15) is 0 Å². The fourth-order valence-electron chi connectivity index (χ4n) is 2.84. The topological polar surface area (TPSA) is 29.3 Å². The number of nitrogens with zero attached hydrogens (tertiary/aromatic N) is 1. The summed E-state index contributed by atoms with van der Waals surface area (Å²) in [5.41, 5.74) is 8.01. The van der Waals surface area contributed by atoms with Gasteiger partial charge in [-0.25, -0.2) is 0 Å². The second-order valence-electron chi connectivity index (χ2n) is 5.63. The van der Waals surface area contributed by atoms with Gasteiger partial charge >= 0.3 is 0 Å². The molecule has 0 aliphatic carbocycles. The Labute approximate surface area is 115 Å². The molecule has 1 aromatic carbocycles. The van der Waals surface area contributed by atoms with E-state index in [0.717, 1.165) is 36.3 Å². The summed E-state index contributed by atoms with van der Waals surface area (Å²) in [6.07, 6.45) is 3.85. The predicted molar refractivity (Wildman–Crippen MR) is 80.3 cm³/mol. The Bertz CT molecular complexity index is 403.